The zero-order valence-electron chi connectivity index (χ0n) is 18.4. The first-order chi connectivity index (χ1) is 15.0. The van der Waals surface area contributed by atoms with Crippen molar-refractivity contribution < 1.29 is 32.6 Å². The molecular formula is C25H28F2O5. The molecule has 172 valence electrons. The second kappa shape index (κ2) is 6.86. The van der Waals surface area contributed by atoms with Gasteiger partial charge in [0.2, 0.25) is 5.76 Å². The summed E-state index contributed by atoms with van der Waals surface area (Å²) in [5.41, 5.74) is -4.14. The van der Waals surface area contributed by atoms with Crippen molar-refractivity contribution in [3.05, 3.63) is 48.0 Å². The van der Waals surface area contributed by atoms with Gasteiger partial charge in [-0.3, -0.25) is 4.79 Å². The molecule has 3 fully saturated rings. The smallest absolute Gasteiger partial charge is 0.374 e. The van der Waals surface area contributed by atoms with E-state index < -0.39 is 46.8 Å². The summed E-state index contributed by atoms with van der Waals surface area (Å²) in [4.78, 5) is 24.5. The summed E-state index contributed by atoms with van der Waals surface area (Å²) < 4.78 is 43.4. The van der Waals surface area contributed by atoms with Crippen molar-refractivity contribution in [2.45, 2.75) is 64.1 Å². The molecule has 0 amide bonds. The maximum atomic E-state index is 17.0. The van der Waals surface area contributed by atoms with Crippen LogP contribution < -0.4 is 0 Å². The second-order valence-corrected chi connectivity index (χ2v) is 10.5. The van der Waals surface area contributed by atoms with Gasteiger partial charge in [-0.2, -0.15) is 0 Å². The van der Waals surface area contributed by atoms with Crippen molar-refractivity contribution in [2.75, 3.05) is 0 Å². The Morgan fingerprint density at radius 1 is 1.28 bits per heavy atom. The fraction of sp³-hybridized carbons (Fsp3) is 0.600. The van der Waals surface area contributed by atoms with Crippen LogP contribution in [0.2, 0.25) is 0 Å². The van der Waals surface area contributed by atoms with Crippen LogP contribution in [0.1, 0.15) is 50.6 Å². The third kappa shape index (κ3) is 2.63. The quantitative estimate of drug-likeness (QED) is 0.683. The highest BCUT2D eigenvalue weighted by molar-refractivity contribution is 6.01. The molecule has 4 aliphatic carbocycles. The van der Waals surface area contributed by atoms with Crippen molar-refractivity contribution in [2.24, 2.45) is 28.6 Å². The number of ketones is 1. The van der Waals surface area contributed by atoms with Crippen molar-refractivity contribution in [3.8, 4) is 0 Å². The van der Waals surface area contributed by atoms with Gasteiger partial charge in [-0.25, -0.2) is 13.6 Å². The van der Waals surface area contributed by atoms with E-state index in [1.165, 1.54) is 30.6 Å². The lowest BCUT2D eigenvalue weighted by atomic mass is 9.45. The molecule has 32 heavy (non-hydrogen) atoms. The number of alkyl halides is 2. The summed E-state index contributed by atoms with van der Waals surface area (Å²) in [5.74, 6) is -2.04. The molecule has 0 aliphatic heterocycles. The number of carbonyl (C=O) groups excluding carboxylic acids is 2. The molecule has 1 aromatic rings. The molecule has 7 heteroatoms. The Balaban J connectivity index is 1.53. The van der Waals surface area contributed by atoms with Crippen LogP contribution >= 0.6 is 0 Å². The third-order valence-electron chi connectivity index (χ3n) is 8.81. The lowest BCUT2D eigenvalue weighted by Crippen LogP contribution is -2.68. The predicted octanol–water partition coefficient (Wildman–Crippen LogP) is 4.37. The Morgan fingerprint density at radius 2 is 2.03 bits per heavy atom. The largest absolute Gasteiger partial charge is 0.457 e. The van der Waals surface area contributed by atoms with Crippen molar-refractivity contribution in [1.29, 1.82) is 0 Å². The number of halogens is 2. The van der Waals surface area contributed by atoms with E-state index in [2.05, 4.69) is 0 Å². The number of furan rings is 1. The summed E-state index contributed by atoms with van der Waals surface area (Å²) in [7, 11) is 0. The van der Waals surface area contributed by atoms with Crippen LogP contribution in [-0.4, -0.2) is 40.9 Å². The topological polar surface area (TPSA) is 76.7 Å². The average Bonchev–Trinajstić information content (AvgIpc) is 3.35. The first-order valence-electron chi connectivity index (χ1n) is 11.2. The number of rotatable bonds is 2. The predicted molar refractivity (Wildman–Crippen MR) is 111 cm³/mol. The fourth-order valence-corrected chi connectivity index (χ4v) is 7.35. The maximum absolute atomic E-state index is 17.0. The molecular weight excluding hydrogens is 418 g/mol. The van der Waals surface area contributed by atoms with Crippen molar-refractivity contribution in [3.63, 3.8) is 0 Å². The van der Waals surface area contributed by atoms with Gasteiger partial charge < -0.3 is 14.3 Å². The van der Waals surface area contributed by atoms with Gasteiger partial charge in [-0.15, -0.1) is 0 Å². The molecule has 5 nitrogen and oxygen atoms in total. The number of carbonyl (C=O) groups is 2. The molecule has 9 atom stereocenters. The highest BCUT2D eigenvalue weighted by Gasteiger charge is 2.73. The zero-order valence-corrected chi connectivity index (χ0v) is 18.4. The highest BCUT2D eigenvalue weighted by atomic mass is 19.1. The van der Waals surface area contributed by atoms with Gasteiger partial charge in [0.05, 0.1) is 12.4 Å². The van der Waals surface area contributed by atoms with Crippen LogP contribution in [0.15, 0.2) is 46.6 Å². The van der Waals surface area contributed by atoms with E-state index in [0.717, 1.165) is 0 Å². The molecule has 0 saturated heterocycles. The minimum atomic E-state index is -2.12. The maximum Gasteiger partial charge on any atom is 0.374 e. The van der Waals surface area contributed by atoms with E-state index in [4.69, 9.17) is 9.15 Å². The van der Waals surface area contributed by atoms with Gasteiger partial charge >= 0.3 is 5.97 Å². The summed E-state index contributed by atoms with van der Waals surface area (Å²) in [5, 5.41) is 11.3. The van der Waals surface area contributed by atoms with E-state index in [1.54, 1.807) is 13.0 Å². The molecule has 4 aliphatic rings. The Hall–Kier alpha value is -2.28. The molecule has 1 N–H and O–H groups in total. The first-order valence-corrected chi connectivity index (χ1v) is 11.2. The molecule has 0 bridgehead atoms. The van der Waals surface area contributed by atoms with Gasteiger partial charge in [-0.1, -0.05) is 19.9 Å². The number of hydrogen-bond acceptors (Lipinski definition) is 5. The van der Waals surface area contributed by atoms with Crippen LogP contribution in [0.3, 0.4) is 0 Å². The normalized spacial score (nSPS) is 47.3. The highest BCUT2D eigenvalue weighted by Crippen LogP contribution is 2.69. The van der Waals surface area contributed by atoms with E-state index in [-0.39, 0.29) is 41.8 Å². The van der Waals surface area contributed by atoms with Crippen LogP contribution in [0, 0.1) is 28.6 Å². The van der Waals surface area contributed by atoms with Gasteiger partial charge in [0.1, 0.15) is 12.3 Å². The molecule has 1 aromatic heterocycles. The zero-order chi connectivity index (χ0) is 23.1. The Kier molecular flexibility index (Phi) is 4.62. The average molecular weight is 446 g/mol. The molecule has 1 heterocycles. The fourth-order valence-electron chi connectivity index (χ4n) is 7.35. The van der Waals surface area contributed by atoms with Crippen LogP contribution in [0.4, 0.5) is 8.78 Å². The Morgan fingerprint density at radius 3 is 2.72 bits per heavy atom. The third-order valence-corrected chi connectivity index (χ3v) is 8.81. The molecule has 5 unspecified atom stereocenters. The molecule has 0 aromatic carbocycles. The SMILES string of the molecule is CC1C[C@H]2[C@@H]3CC(F)C4=CC(=O)C=C[C@]4(C)C3(F)C(O)C[C@]2(C)C1OC(=O)c1ccco1. The van der Waals surface area contributed by atoms with E-state index in [0.29, 0.717) is 6.42 Å². The summed E-state index contributed by atoms with van der Waals surface area (Å²) >= 11 is 0. The summed E-state index contributed by atoms with van der Waals surface area (Å²) in [6, 6.07) is 3.11. The van der Waals surface area contributed by atoms with E-state index in [1.807, 2.05) is 13.8 Å². The van der Waals surface area contributed by atoms with Crippen LogP contribution in [0.5, 0.6) is 0 Å². The number of aliphatic hydroxyl groups excluding tert-OH is 1. The number of esters is 1. The van der Waals surface area contributed by atoms with E-state index in [9.17, 15) is 14.7 Å². The Bertz CT molecular complexity index is 1020. The van der Waals surface area contributed by atoms with Gasteiger partial charge in [0.25, 0.3) is 0 Å². The molecule has 5 rings (SSSR count). The number of aliphatic hydroxyl groups is 1. The molecule has 3 saturated carbocycles. The standard InChI is InChI=1S/C25H28F2O5/c1-13-9-15-16-11-18(26)17-10-14(28)6-7-24(17,3)25(16,27)20(29)12-23(15,2)21(13)32-22(30)19-5-4-8-31-19/h4-8,10,13,15-16,18,20-21,29H,9,11-12H2,1-3H3/t13?,15-,16-,18?,20?,21?,23-,24-,25?/m0/s1. The number of fused-ring (bicyclic) bond motifs is 5. The van der Waals surface area contributed by atoms with Gasteiger partial charge in [0, 0.05) is 16.7 Å². The lowest BCUT2D eigenvalue weighted by Gasteiger charge is -2.62. The van der Waals surface area contributed by atoms with Crippen molar-refractivity contribution in [1.82, 2.24) is 0 Å². The minimum absolute atomic E-state index is 0.0761. The summed E-state index contributed by atoms with van der Waals surface area (Å²) in [6.45, 7) is 5.43. The van der Waals surface area contributed by atoms with Crippen LogP contribution in [-0.2, 0) is 9.53 Å². The van der Waals surface area contributed by atoms with Gasteiger partial charge in [0.15, 0.2) is 11.5 Å². The second-order valence-electron chi connectivity index (χ2n) is 10.5. The lowest BCUT2D eigenvalue weighted by molar-refractivity contribution is -0.207. The first kappa shape index (κ1) is 21.6. The Labute approximate surface area is 185 Å². The molecule has 0 radical (unpaired) electrons. The van der Waals surface area contributed by atoms with Gasteiger partial charge in [-0.05, 0) is 67.9 Å². The van der Waals surface area contributed by atoms with Crippen molar-refractivity contribution >= 4 is 11.8 Å². The minimum Gasteiger partial charge on any atom is -0.457 e. The molecule has 0 spiro atoms. The number of ether oxygens (including phenoxy) is 1. The number of hydrogen-bond donors (Lipinski definition) is 1. The number of allylic oxidation sites excluding steroid dienone is 4. The monoisotopic (exact) mass is 446 g/mol. The van der Waals surface area contributed by atoms with E-state index >= 15 is 8.78 Å². The van der Waals surface area contributed by atoms with Crippen LogP contribution in [0.25, 0.3) is 0 Å². The summed E-state index contributed by atoms with van der Waals surface area (Å²) in [6.07, 6.45) is 2.37.